The number of hydrogen-bond acceptors (Lipinski definition) is 3. The normalized spacial score (nSPS) is 10.2. The lowest BCUT2D eigenvalue weighted by Crippen LogP contribution is -2.03. The van der Waals surface area contributed by atoms with Gasteiger partial charge in [-0.2, -0.15) is 5.26 Å². The summed E-state index contributed by atoms with van der Waals surface area (Å²) in [5.41, 5.74) is 0.222. The van der Waals surface area contributed by atoms with Crippen LogP contribution in [-0.4, -0.2) is 12.1 Å². The molecule has 0 N–H and O–H groups in total. The standard InChI is InChI=1S/C10H9ClF2N2O/c1-16-9-6(2-3-14)4-7(10(12)13)15-8(9)5-11/h4,10H,2,5H2,1H3. The first-order valence-electron chi connectivity index (χ1n) is 4.41. The van der Waals surface area contributed by atoms with Crippen molar-refractivity contribution in [2.24, 2.45) is 0 Å². The number of hydrogen-bond donors (Lipinski definition) is 0. The highest BCUT2D eigenvalue weighted by Gasteiger charge is 2.17. The van der Waals surface area contributed by atoms with Crippen molar-refractivity contribution in [2.45, 2.75) is 18.7 Å². The van der Waals surface area contributed by atoms with Crippen LogP contribution in [0.4, 0.5) is 8.78 Å². The Labute approximate surface area is 96.6 Å². The van der Waals surface area contributed by atoms with Crippen molar-refractivity contribution in [3.8, 4) is 11.8 Å². The Bertz CT molecular complexity index is 418. The molecule has 1 aromatic heterocycles. The maximum Gasteiger partial charge on any atom is 0.280 e. The van der Waals surface area contributed by atoms with Crippen molar-refractivity contribution in [1.82, 2.24) is 4.98 Å². The van der Waals surface area contributed by atoms with Crippen LogP contribution in [0, 0.1) is 11.3 Å². The van der Waals surface area contributed by atoms with Crippen LogP contribution >= 0.6 is 11.6 Å². The SMILES string of the molecule is COc1c(CC#N)cc(C(F)F)nc1CCl. The predicted octanol–water partition coefficient (Wildman–Crippen LogP) is 2.83. The van der Waals surface area contributed by atoms with Crippen LogP contribution in [0.15, 0.2) is 6.07 Å². The predicted molar refractivity (Wildman–Crippen MR) is 54.6 cm³/mol. The molecule has 0 unspecified atom stereocenters. The molecule has 16 heavy (non-hydrogen) atoms. The van der Waals surface area contributed by atoms with Crippen molar-refractivity contribution in [3.63, 3.8) is 0 Å². The third-order valence-electron chi connectivity index (χ3n) is 1.96. The minimum absolute atomic E-state index is 0.0185. The molecule has 1 rings (SSSR count). The molecule has 1 aromatic rings. The molecule has 0 aliphatic carbocycles. The number of alkyl halides is 3. The first kappa shape index (κ1) is 12.7. The molecule has 0 radical (unpaired) electrons. The van der Waals surface area contributed by atoms with Crippen molar-refractivity contribution in [1.29, 1.82) is 5.26 Å². The Morgan fingerprint density at radius 3 is 2.75 bits per heavy atom. The van der Waals surface area contributed by atoms with E-state index in [9.17, 15) is 8.78 Å². The third kappa shape index (κ3) is 2.58. The number of methoxy groups -OCH3 is 1. The highest BCUT2D eigenvalue weighted by atomic mass is 35.5. The Morgan fingerprint density at radius 2 is 2.31 bits per heavy atom. The summed E-state index contributed by atoms with van der Waals surface area (Å²) in [7, 11) is 1.38. The van der Waals surface area contributed by atoms with E-state index in [0.717, 1.165) is 0 Å². The Morgan fingerprint density at radius 1 is 1.62 bits per heavy atom. The average molecular weight is 247 g/mol. The minimum atomic E-state index is -2.69. The molecule has 86 valence electrons. The van der Waals surface area contributed by atoms with Crippen LogP contribution in [0.1, 0.15) is 23.4 Å². The summed E-state index contributed by atoms with van der Waals surface area (Å²) in [6, 6.07) is 3.05. The molecule has 0 atom stereocenters. The maximum atomic E-state index is 12.5. The van der Waals surface area contributed by atoms with E-state index in [0.29, 0.717) is 11.3 Å². The molecule has 0 saturated carbocycles. The molecule has 0 fully saturated rings. The van der Waals surface area contributed by atoms with Gasteiger partial charge in [0.25, 0.3) is 6.43 Å². The van der Waals surface area contributed by atoms with Gasteiger partial charge in [0.05, 0.1) is 31.2 Å². The Hall–Kier alpha value is -1.41. The van der Waals surface area contributed by atoms with Gasteiger partial charge in [0.1, 0.15) is 11.4 Å². The molecule has 0 aliphatic heterocycles. The molecule has 1 heterocycles. The van der Waals surface area contributed by atoms with Crippen molar-refractivity contribution < 1.29 is 13.5 Å². The largest absolute Gasteiger partial charge is 0.494 e. The molecule has 0 spiro atoms. The van der Waals surface area contributed by atoms with Crippen LogP contribution in [0.25, 0.3) is 0 Å². The van der Waals surface area contributed by atoms with Crippen LogP contribution in [0.3, 0.4) is 0 Å². The number of pyridine rings is 1. The number of nitrogens with zero attached hydrogens (tertiary/aromatic N) is 2. The van der Waals surface area contributed by atoms with Gasteiger partial charge in [0.2, 0.25) is 0 Å². The van der Waals surface area contributed by atoms with Gasteiger partial charge < -0.3 is 4.74 Å². The molecule has 0 aromatic carbocycles. The average Bonchev–Trinajstić information content (AvgIpc) is 2.28. The topological polar surface area (TPSA) is 45.9 Å². The summed E-state index contributed by atoms with van der Waals surface area (Å²) < 4.78 is 30.0. The van der Waals surface area contributed by atoms with Crippen molar-refractivity contribution in [2.75, 3.05) is 7.11 Å². The molecular weight excluding hydrogens is 238 g/mol. The first-order valence-corrected chi connectivity index (χ1v) is 4.95. The second kappa shape index (κ2) is 5.61. The second-order valence-corrected chi connectivity index (χ2v) is 3.22. The smallest absolute Gasteiger partial charge is 0.280 e. The van der Waals surface area contributed by atoms with E-state index in [-0.39, 0.29) is 23.7 Å². The zero-order valence-electron chi connectivity index (χ0n) is 8.51. The fourth-order valence-electron chi connectivity index (χ4n) is 1.34. The number of rotatable bonds is 4. The van der Waals surface area contributed by atoms with E-state index in [2.05, 4.69) is 4.98 Å². The molecule has 0 aliphatic rings. The zero-order chi connectivity index (χ0) is 12.1. The van der Waals surface area contributed by atoms with Gasteiger partial charge >= 0.3 is 0 Å². The highest BCUT2D eigenvalue weighted by Crippen LogP contribution is 2.28. The van der Waals surface area contributed by atoms with Gasteiger partial charge in [0, 0.05) is 5.56 Å². The van der Waals surface area contributed by atoms with Crippen molar-refractivity contribution >= 4 is 11.6 Å². The fraction of sp³-hybridized carbons (Fsp3) is 0.400. The van der Waals surface area contributed by atoms with Gasteiger partial charge in [0.15, 0.2) is 0 Å². The van der Waals surface area contributed by atoms with Crippen LogP contribution in [-0.2, 0) is 12.3 Å². The lowest BCUT2D eigenvalue weighted by atomic mass is 10.1. The summed E-state index contributed by atoms with van der Waals surface area (Å²) in [6.07, 6.45) is -2.71. The highest BCUT2D eigenvalue weighted by molar-refractivity contribution is 6.17. The lowest BCUT2D eigenvalue weighted by Gasteiger charge is -2.11. The number of nitriles is 1. The summed E-state index contributed by atoms with van der Waals surface area (Å²) in [4.78, 5) is 3.69. The van der Waals surface area contributed by atoms with Gasteiger partial charge in [-0.15, -0.1) is 11.6 Å². The molecule has 3 nitrogen and oxygen atoms in total. The van der Waals surface area contributed by atoms with Gasteiger partial charge in [-0.25, -0.2) is 13.8 Å². The lowest BCUT2D eigenvalue weighted by molar-refractivity contribution is 0.145. The van der Waals surface area contributed by atoms with E-state index in [1.807, 2.05) is 6.07 Å². The van der Waals surface area contributed by atoms with E-state index in [1.54, 1.807) is 0 Å². The minimum Gasteiger partial charge on any atom is -0.494 e. The van der Waals surface area contributed by atoms with Gasteiger partial charge in [-0.05, 0) is 6.07 Å². The van der Waals surface area contributed by atoms with Crippen molar-refractivity contribution in [3.05, 3.63) is 23.0 Å². The maximum absolute atomic E-state index is 12.5. The van der Waals surface area contributed by atoms with Crippen LogP contribution in [0.2, 0.25) is 0 Å². The Kier molecular flexibility index (Phi) is 4.44. The zero-order valence-corrected chi connectivity index (χ0v) is 9.26. The first-order chi connectivity index (χ1) is 7.63. The fourth-order valence-corrected chi connectivity index (χ4v) is 1.52. The molecule has 0 amide bonds. The molecule has 0 saturated heterocycles. The summed E-state index contributed by atoms with van der Waals surface area (Å²) in [5.74, 6) is 0.267. The monoisotopic (exact) mass is 246 g/mol. The second-order valence-electron chi connectivity index (χ2n) is 2.96. The molecular formula is C10H9ClF2N2O. The third-order valence-corrected chi connectivity index (χ3v) is 2.22. The molecule has 0 bridgehead atoms. The number of halogens is 3. The van der Waals surface area contributed by atoms with Crippen LogP contribution < -0.4 is 4.74 Å². The van der Waals surface area contributed by atoms with E-state index < -0.39 is 6.43 Å². The van der Waals surface area contributed by atoms with E-state index in [1.165, 1.54) is 13.2 Å². The molecule has 6 heteroatoms. The number of ether oxygens (including phenoxy) is 1. The summed E-state index contributed by atoms with van der Waals surface area (Å²) >= 11 is 5.59. The van der Waals surface area contributed by atoms with E-state index >= 15 is 0 Å². The van der Waals surface area contributed by atoms with E-state index in [4.69, 9.17) is 21.6 Å². The Balaban J connectivity index is 3.32. The summed E-state index contributed by atoms with van der Waals surface area (Å²) in [6.45, 7) is 0. The van der Waals surface area contributed by atoms with Crippen LogP contribution in [0.5, 0.6) is 5.75 Å². The number of aromatic nitrogens is 1. The quantitative estimate of drug-likeness (QED) is 0.768. The van der Waals surface area contributed by atoms with Gasteiger partial charge in [-0.3, -0.25) is 0 Å². The van der Waals surface area contributed by atoms with Gasteiger partial charge in [-0.1, -0.05) is 0 Å². The summed E-state index contributed by atoms with van der Waals surface area (Å²) in [5, 5.41) is 8.59.